The molecule has 1 aromatic carbocycles. The molecule has 0 saturated carbocycles. The summed E-state index contributed by atoms with van der Waals surface area (Å²) in [4.78, 5) is 26.5. The maximum atomic E-state index is 12.4. The topological polar surface area (TPSA) is 62.6 Å². The van der Waals surface area contributed by atoms with E-state index >= 15 is 0 Å². The second-order valence-electron chi connectivity index (χ2n) is 6.33. The standard InChI is InChI=1S/C19H21ClN2O3/c1-13-8-11-25-18(13)19(24)21-15-6-9-22(10-7-15)17(23)12-14-4-2-3-5-16(14)20/h2-5,8,11,15H,6-7,9-10,12H2,1H3,(H,21,24). The van der Waals surface area contributed by atoms with Gasteiger partial charge in [0.2, 0.25) is 5.91 Å². The summed E-state index contributed by atoms with van der Waals surface area (Å²) in [6.45, 7) is 3.10. The van der Waals surface area contributed by atoms with E-state index in [4.69, 9.17) is 16.0 Å². The maximum absolute atomic E-state index is 12.4. The largest absolute Gasteiger partial charge is 0.459 e. The first-order valence-corrected chi connectivity index (χ1v) is 8.78. The van der Waals surface area contributed by atoms with E-state index in [1.54, 1.807) is 12.1 Å². The fraction of sp³-hybridized carbons (Fsp3) is 0.368. The van der Waals surface area contributed by atoms with Crippen LogP contribution in [-0.4, -0.2) is 35.8 Å². The van der Waals surface area contributed by atoms with Gasteiger partial charge in [-0.2, -0.15) is 0 Å². The molecule has 0 aliphatic carbocycles. The number of aryl methyl sites for hydroxylation is 1. The van der Waals surface area contributed by atoms with E-state index < -0.39 is 0 Å². The van der Waals surface area contributed by atoms with Crippen LogP contribution in [0.1, 0.15) is 34.5 Å². The van der Waals surface area contributed by atoms with Crippen LogP contribution < -0.4 is 5.32 Å². The molecule has 0 unspecified atom stereocenters. The van der Waals surface area contributed by atoms with Gasteiger partial charge in [0.25, 0.3) is 5.91 Å². The van der Waals surface area contributed by atoms with Gasteiger partial charge in [0, 0.05) is 29.7 Å². The second kappa shape index (κ2) is 7.74. The normalized spacial score (nSPS) is 15.2. The highest BCUT2D eigenvalue weighted by atomic mass is 35.5. The zero-order valence-electron chi connectivity index (χ0n) is 14.1. The SMILES string of the molecule is Cc1ccoc1C(=O)NC1CCN(C(=O)Cc2ccccc2Cl)CC1. The molecule has 1 saturated heterocycles. The number of hydrogen-bond donors (Lipinski definition) is 1. The molecule has 3 rings (SSSR count). The third kappa shape index (κ3) is 4.23. The number of nitrogens with zero attached hydrogens (tertiary/aromatic N) is 1. The Balaban J connectivity index is 1.50. The van der Waals surface area contributed by atoms with E-state index in [1.807, 2.05) is 30.0 Å². The lowest BCUT2D eigenvalue weighted by Crippen LogP contribution is -2.47. The van der Waals surface area contributed by atoms with Crippen LogP contribution in [0, 0.1) is 6.92 Å². The van der Waals surface area contributed by atoms with E-state index in [2.05, 4.69) is 5.32 Å². The molecule has 6 heteroatoms. The summed E-state index contributed by atoms with van der Waals surface area (Å²) in [6.07, 6.45) is 3.29. The molecule has 132 valence electrons. The monoisotopic (exact) mass is 360 g/mol. The molecule has 1 N–H and O–H groups in total. The average molecular weight is 361 g/mol. The van der Waals surface area contributed by atoms with Gasteiger partial charge in [0.1, 0.15) is 0 Å². The highest BCUT2D eigenvalue weighted by molar-refractivity contribution is 6.31. The maximum Gasteiger partial charge on any atom is 0.287 e. The smallest absolute Gasteiger partial charge is 0.287 e. The lowest BCUT2D eigenvalue weighted by Gasteiger charge is -2.32. The van der Waals surface area contributed by atoms with Crippen molar-refractivity contribution in [2.75, 3.05) is 13.1 Å². The van der Waals surface area contributed by atoms with Crippen molar-refractivity contribution >= 4 is 23.4 Å². The number of hydrogen-bond acceptors (Lipinski definition) is 3. The van der Waals surface area contributed by atoms with Crippen molar-refractivity contribution in [2.24, 2.45) is 0 Å². The molecule has 1 aliphatic heterocycles. The minimum absolute atomic E-state index is 0.0568. The molecule has 0 atom stereocenters. The van der Waals surface area contributed by atoms with Crippen molar-refractivity contribution in [2.45, 2.75) is 32.2 Å². The minimum atomic E-state index is -0.191. The van der Waals surface area contributed by atoms with Gasteiger partial charge in [0.05, 0.1) is 12.7 Å². The van der Waals surface area contributed by atoms with Crippen LogP contribution in [0.25, 0.3) is 0 Å². The van der Waals surface area contributed by atoms with Gasteiger partial charge < -0.3 is 14.6 Å². The van der Waals surface area contributed by atoms with Crippen LogP contribution in [0.4, 0.5) is 0 Å². The number of rotatable bonds is 4. The molecule has 25 heavy (non-hydrogen) atoms. The summed E-state index contributed by atoms with van der Waals surface area (Å²) in [5.41, 5.74) is 1.67. The molecule has 0 radical (unpaired) electrons. The van der Waals surface area contributed by atoms with E-state index in [9.17, 15) is 9.59 Å². The quantitative estimate of drug-likeness (QED) is 0.910. The molecular formula is C19H21ClN2O3. The molecule has 1 aromatic heterocycles. The molecule has 0 bridgehead atoms. The lowest BCUT2D eigenvalue weighted by molar-refractivity contribution is -0.131. The van der Waals surface area contributed by atoms with Crippen LogP contribution in [0.2, 0.25) is 5.02 Å². The third-order valence-electron chi connectivity index (χ3n) is 4.55. The number of halogens is 1. The first-order chi connectivity index (χ1) is 12.0. The third-order valence-corrected chi connectivity index (χ3v) is 4.92. The summed E-state index contributed by atoms with van der Waals surface area (Å²) in [5, 5.41) is 3.61. The number of likely N-dealkylation sites (tertiary alicyclic amines) is 1. The van der Waals surface area contributed by atoms with E-state index in [0.29, 0.717) is 30.3 Å². The molecule has 0 spiro atoms. The van der Waals surface area contributed by atoms with Gasteiger partial charge in [0.15, 0.2) is 5.76 Å². The molecule has 5 nitrogen and oxygen atoms in total. The van der Waals surface area contributed by atoms with Crippen LogP contribution in [0.15, 0.2) is 41.0 Å². The Morgan fingerprint density at radius 2 is 1.96 bits per heavy atom. The number of nitrogens with one attached hydrogen (secondary N) is 1. The summed E-state index contributed by atoms with van der Waals surface area (Å²) >= 11 is 6.12. The Morgan fingerprint density at radius 3 is 2.60 bits per heavy atom. The zero-order valence-corrected chi connectivity index (χ0v) is 14.9. The Labute approximate surface area is 151 Å². The van der Waals surface area contributed by atoms with Crippen LogP contribution in [0.3, 0.4) is 0 Å². The molecule has 2 heterocycles. The highest BCUT2D eigenvalue weighted by Crippen LogP contribution is 2.18. The number of carbonyl (C=O) groups is 2. The van der Waals surface area contributed by atoms with Gasteiger partial charge in [-0.25, -0.2) is 0 Å². The van der Waals surface area contributed by atoms with Crippen molar-refractivity contribution in [1.29, 1.82) is 0 Å². The van der Waals surface area contributed by atoms with Crippen molar-refractivity contribution in [3.63, 3.8) is 0 Å². The molecule has 1 fully saturated rings. The number of piperidine rings is 1. The molecule has 1 aliphatic rings. The Bertz CT molecular complexity index is 764. The Hall–Kier alpha value is -2.27. The molecule has 2 amide bonds. The number of amides is 2. The fourth-order valence-corrected chi connectivity index (χ4v) is 3.25. The van der Waals surface area contributed by atoms with Crippen molar-refractivity contribution in [3.8, 4) is 0 Å². The first kappa shape index (κ1) is 17.5. The summed E-state index contributed by atoms with van der Waals surface area (Å²) in [7, 11) is 0. The van der Waals surface area contributed by atoms with Gasteiger partial charge in [-0.3, -0.25) is 9.59 Å². The summed E-state index contributed by atoms with van der Waals surface area (Å²) in [6, 6.07) is 9.23. The minimum Gasteiger partial charge on any atom is -0.459 e. The zero-order chi connectivity index (χ0) is 17.8. The van der Waals surface area contributed by atoms with E-state index in [1.165, 1.54) is 6.26 Å². The molecular weight excluding hydrogens is 340 g/mol. The van der Waals surface area contributed by atoms with Gasteiger partial charge in [-0.15, -0.1) is 0 Å². The van der Waals surface area contributed by atoms with Gasteiger partial charge in [-0.1, -0.05) is 29.8 Å². The average Bonchev–Trinajstić information content (AvgIpc) is 3.03. The second-order valence-corrected chi connectivity index (χ2v) is 6.74. The van der Waals surface area contributed by atoms with Crippen LogP contribution in [-0.2, 0) is 11.2 Å². The van der Waals surface area contributed by atoms with Gasteiger partial charge in [-0.05, 0) is 37.5 Å². The van der Waals surface area contributed by atoms with Crippen molar-refractivity contribution in [1.82, 2.24) is 10.2 Å². The summed E-state index contributed by atoms with van der Waals surface area (Å²) in [5.74, 6) is 0.236. The summed E-state index contributed by atoms with van der Waals surface area (Å²) < 4.78 is 5.22. The van der Waals surface area contributed by atoms with E-state index in [0.717, 1.165) is 24.0 Å². The van der Waals surface area contributed by atoms with Crippen molar-refractivity contribution < 1.29 is 14.0 Å². The highest BCUT2D eigenvalue weighted by Gasteiger charge is 2.25. The fourth-order valence-electron chi connectivity index (χ4n) is 3.05. The Kier molecular flexibility index (Phi) is 5.43. The Morgan fingerprint density at radius 1 is 1.24 bits per heavy atom. The number of carbonyl (C=O) groups excluding carboxylic acids is 2. The van der Waals surface area contributed by atoms with Gasteiger partial charge >= 0.3 is 0 Å². The van der Waals surface area contributed by atoms with E-state index in [-0.39, 0.29) is 17.9 Å². The first-order valence-electron chi connectivity index (χ1n) is 8.40. The molecule has 2 aromatic rings. The number of benzene rings is 1. The van der Waals surface area contributed by atoms with Crippen LogP contribution in [0.5, 0.6) is 0 Å². The predicted molar refractivity (Wildman–Crippen MR) is 95.7 cm³/mol. The number of furan rings is 1. The van der Waals surface area contributed by atoms with Crippen LogP contribution >= 0.6 is 11.6 Å². The van der Waals surface area contributed by atoms with Crippen molar-refractivity contribution in [3.05, 3.63) is 58.5 Å². The lowest BCUT2D eigenvalue weighted by atomic mass is 10.0. The predicted octanol–water partition coefficient (Wildman–Crippen LogP) is 3.20.